The van der Waals surface area contributed by atoms with E-state index in [0.29, 0.717) is 17.8 Å². The summed E-state index contributed by atoms with van der Waals surface area (Å²) in [5.41, 5.74) is 44.5. The number of rotatable bonds is 8. The Morgan fingerprint density at radius 2 is 0.532 bits per heavy atom. The second kappa shape index (κ2) is 33.6. The molecule has 0 saturated heterocycles. The summed E-state index contributed by atoms with van der Waals surface area (Å²) in [6.07, 6.45) is 9.61. The van der Waals surface area contributed by atoms with Crippen LogP contribution < -0.4 is 22.8 Å². The van der Waals surface area contributed by atoms with E-state index in [2.05, 4.69) is 389 Å². The third kappa shape index (κ3) is 17.3. The topological polar surface area (TPSA) is 83.8 Å². The van der Waals surface area contributed by atoms with Gasteiger partial charge in [-0.05, 0) is 318 Å². The average Bonchev–Trinajstić information content (AvgIpc) is 0.785. The zero-order chi connectivity index (χ0) is 80.5. The Kier molecular flexibility index (Phi) is 24.5. The van der Waals surface area contributed by atoms with E-state index < -0.39 is 0 Å². The first-order valence-electron chi connectivity index (χ1n) is 39.4. The molecule has 0 aliphatic rings. The first kappa shape index (κ1) is 80.9. The summed E-state index contributed by atoms with van der Waals surface area (Å²) in [6.45, 7) is 50.4. The zero-order valence-corrected chi connectivity index (χ0v) is 71.5. The van der Waals surface area contributed by atoms with Crippen molar-refractivity contribution in [2.24, 2.45) is 35.2 Å². The third-order valence-electron chi connectivity index (χ3n) is 22.6. The molecule has 0 aliphatic heterocycles. The minimum Gasteiger partial charge on any atom is -0.232 e. The summed E-state index contributed by atoms with van der Waals surface area (Å²) in [7, 11) is 10.4. The van der Waals surface area contributed by atoms with E-state index in [1.807, 2.05) is 31.6 Å². The lowest BCUT2D eigenvalue weighted by Gasteiger charge is -2.13. The second-order valence-corrected chi connectivity index (χ2v) is 32.6. The molecule has 0 unspecified atom stereocenters. The van der Waals surface area contributed by atoms with Gasteiger partial charge in [-0.25, -0.2) is 22.8 Å². The average molecular weight is 1470 g/mol. The van der Waals surface area contributed by atoms with Gasteiger partial charge in [0.15, 0.2) is 27.6 Å². The summed E-state index contributed by atoms with van der Waals surface area (Å²) in [5, 5.41) is 6.10. The van der Waals surface area contributed by atoms with Crippen LogP contribution in [0.5, 0.6) is 0 Å². The number of benzene rings is 10. The van der Waals surface area contributed by atoms with Crippen LogP contribution in [-0.4, -0.2) is 24.9 Å². The summed E-state index contributed by atoms with van der Waals surface area (Å²) in [5.74, 6) is 1.49. The molecule has 0 saturated carbocycles. The van der Waals surface area contributed by atoms with E-state index in [1.54, 1.807) is 0 Å². The van der Waals surface area contributed by atoms with Gasteiger partial charge in [0.2, 0.25) is 0 Å². The number of nitrogens with zero attached hydrogens (tertiary/aromatic N) is 10. The van der Waals surface area contributed by atoms with E-state index in [9.17, 15) is 0 Å². The molecule has 0 amide bonds. The highest BCUT2D eigenvalue weighted by molar-refractivity contribution is 5.96. The molecule has 5 heterocycles. The molecule has 0 atom stereocenters. The van der Waals surface area contributed by atoms with Crippen molar-refractivity contribution in [1.82, 2.24) is 24.9 Å². The SMILES string of the molecule is Cc1cc(C)c(C)c(-c2c3cc(C(C)C)ccc3nc[n+]2C)c1.Cc1cc(C)c(C)c(-c2c3cc(C)ccc3nc[n+]2C)c1.Cc1cc(C)c(C)c(-c2c3ccc(C(C)C)cc3nc[n+]2C)c1.Cc1cc(C)c(C)c(-c2c3ccc(C)cc3nc[n+]2C)c1.Cc1cc(C)c(C)c(-c2c3cccc(C(C)C)c3nc[n+]2C)c1. The first-order valence-corrected chi connectivity index (χ1v) is 39.4. The Morgan fingerprint density at radius 1 is 0.234 bits per heavy atom. The van der Waals surface area contributed by atoms with Gasteiger partial charge in [-0.2, -0.15) is 0 Å². The van der Waals surface area contributed by atoms with E-state index in [1.165, 1.54) is 194 Å². The minimum atomic E-state index is 0.465. The van der Waals surface area contributed by atoms with Crippen molar-refractivity contribution >= 4 is 54.5 Å². The van der Waals surface area contributed by atoms with Crippen LogP contribution in [-0.2, 0) is 35.2 Å². The quantitative estimate of drug-likeness (QED) is 0.142. The number of aryl methyl sites for hydroxylation is 17. The Morgan fingerprint density at radius 3 is 0.919 bits per heavy atom. The third-order valence-corrected chi connectivity index (χ3v) is 22.6. The molecule has 0 aliphatic carbocycles. The standard InChI is InChI=1S/3C21H25N2.2C19H21N2/c1-13(2)17-7-8-20-19(11-17)21(23(6)12-22-20)18-10-14(3)9-15(4)16(18)5;1-13(2)17-7-8-18-20(11-17)22-12-23(6)21(18)19-10-14(3)9-15(4)16(19)5;1-13(2)17-8-7-9-18-20(17)22-12-23(6)21(18)19-11-14(3)10-15(4)16(19)5;1-12-6-7-16-18(10-12)20-11-21(5)19(16)17-9-13(2)8-14(3)15(17)4;1-12-6-7-18-17(9-12)19(21(5)11-20-18)16-10-13(2)8-14(3)15(16)4/h3*7-13H,1-6H3;2*6-11H,1-5H3/q5*+1. The van der Waals surface area contributed by atoms with Gasteiger partial charge in [0, 0.05) is 33.4 Å². The van der Waals surface area contributed by atoms with E-state index in [-0.39, 0.29) is 0 Å². The predicted molar refractivity (Wildman–Crippen MR) is 465 cm³/mol. The molecule has 10 heteroatoms. The van der Waals surface area contributed by atoms with Crippen LogP contribution in [0.3, 0.4) is 0 Å². The van der Waals surface area contributed by atoms with Gasteiger partial charge in [-0.15, -0.1) is 0 Å². The molecular formula is C101H117N10+5. The highest BCUT2D eigenvalue weighted by Crippen LogP contribution is 2.38. The fourth-order valence-electron chi connectivity index (χ4n) is 15.8. The van der Waals surface area contributed by atoms with Crippen molar-refractivity contribution in [2.75, 3.05) is 0 Å². The summed E-state index contributed by atoms with van der Waals surface area (Å²) in [4.78, 5) is 23.1. The summed E-state index contributed by atoms with van der Waals surface area (Å²) in [6, 6.07) is 55.5. The molecule has 0 fully saturated rings. The molecule has 111 heavy (non-hydrogen) atoms. The molecule has 0 bridgehead atoms. The highest BCUT2D eigenvalue weighted by atomic mass is 15.0. The Bertz CT molecular complexity index is 6020. The molecule has 0 radical (unpaired) electrons. The van der Waals surface area contributed by atoms with Crippen LogP contribution in [0.1, 0.15) is 171 Å². The fraction of sp³-hybridized carbons (Fsp3) is 0.307. The molecule has 5 aromatic heterocycles. The molecular weight excluding hydrogens is 1350 g/mol. The maximum Gasteiger partial charge on any atom is 0.287 e. The van der Waals surface area contributed by atoms with Gasteiger partial charge in [0.25, 0.3) is 31.6 Å². The van der Waals surface area contributed by atoms with Gasteiger partial charge in [0.05, 0.1) is 62.2 Å². The van der Waals surface area contributed by atoms with Gasteiger partial charge in [-0.3, -0.25) is 0 Å². The Balaban J connectivity index is 0.000000137. The lowest BCUT2D eigenvalue weighted by molar-refractivity contribution is -0.662. The monoisotopic (exact) mass is 1470 g/mol. The Labute approximate surface area is 661 Å². The van der Waals surface area contributed by atoms with Gasteiger partial charge >= 0.3 is 0 Å². The van der Waals surface area contributed by atoms with Gasteiger partial charge in [-0.1, -0.05) is 142 Å². The molecule has 0 N–H and O–H groups in total. The van der Waals surface area contributed by atoms with Crippen LogP contribution in [0.2, 0.25) is 0 Å². The van der Waals surface area contributed by atoms with Crippen LogP contribution in [0.25, 0.3) is 111 Å². The lowest BCUT2D eigenvalue weighted by Crippen LogP contribution is -2.32. The van der Waals surface area contributed by atoms with Crippen molar-refractivity contribution in [3.8, 4) is 56.3 Å². The Hall–Kier alpha value is -11.1. The number of para-hydroxylation sites is 1. The van der Waals surface area contributed by atoms with Gasteiger partial charge in [0.1, 0.15) is 28.5 Å². The van der Waals surface area contributed by atoms with Crippen molar-refractivity contribution < 1.29 is 22.8 Å². The van der Waals surface area contributed by atoms with Crippen LogP contribution in [0.15, 0.2) is 183 Å². The minimum absolute atomic E-state index is 0.465. The fourth-order valence-corrected chi connectivity index (χ4v) is 15.8. The maximum atomic E-state index is 4.73. The van der Waals surface area contributed by atoms with E-state index >= 15 is 0 Å². The van der Waals surface area contributed by atoms with Crippen LogP contribution in [0.4, 0.5) is 0 Å². The van der Waals surface area contributed by atoms with Crippen molar-refractivity contribution in [1.29, 1.82) is 0 Å². The molecule has 10 nitrogen and oxygen atoms in total. The predicted octanol–water partition coefficient (Wildman–Crippen LogP) is 22.2. The number of hydrogen-bond donors (Lipinski definition) is 0. The normalized spacial score (nSPS) is 11.3. The molecule has 0 spiro atoms. The van der Waals surface area contributed by atoms with Gasteiger partial charge < -0.3 is 0 Å². The summed E-state index contributed by atoms with van der Waals surface area (Å²) >= 11 is 0. The number of aromatic nitrogens is 10. The largest absolute Gasteiger partial charge is 0.287 e. The van der Waals surface area contributed by atoms with E-state index in [4.69, 9.17) is 4.98 Å². The molecule has 10 aromatic carbocycles. The van der Waals surface area contributed by atoms with E-state index in [0.717, 1.165) is 27.6 Å². The smallest absolute Gasteiger partial charge is 0.232 e. The zero-order valence-electron chi connectivity index (χ0n) is 71.5. The molecule has 15 rings (SSSR count). The number of hydrogen-bond acceptors (Lipinski definition) is 5. The highest BCUT2D eigenvalue weighted by Gasteiger charge is 2.25. The first-order chi connectivity index (χ1) is 52.6. The molecule has 566 valence electrons. The van der Waals surface area contributed by atoms with Crippen LogP contribution in [0, 0.1) is 118 Å². The lowest BCUT2D eigenvalue weighted by atomic mass is 9.93. The van der Waals surface area contributed by atoms with Crippen molar-refractivity contribution in [3.05, 3.63) is 295 Å². The second-order valence-electron chi connectivity index (χ2n) is 32.6. The van der Waals surface area contributed by atoms with Crippen molar-refractivity contribution in [3.63, 3.8) is 0 Å². The number of fused-ring (bicyclic) bond motifs is 5. The van der Waals surface area contributed by atoms with Crippen molar-refractivity contribution in [2.45, 2.75) is 177 Å². The van der Waals surface area contributed by atoms with Crippen LogP contribution >= 0.6 is 0 Å². The maximum absolute atomic E-state index is 4.73. The summed E-state index contributed by atoms with van der Waals surface area (Å²) < 4.78 is 10.7. The molecule has 15 aromatic rings.